The summed E-state index contributed by atoms with van der Waals surface area (Å²) < 4.78 is 68.6. The molecule has 10 heteroatoms. The molecule has 0 aliphatic heterocycles. The van der Waals surface area contributed by atoms with E-state index in [2.05, 4.69) is 0 Å². The van der Waals surface area contributed by atoms with Gasteiger partial charge in [-0.1, -0.05) is 72.9 Å². The van der Waals surface area contributed by atoms with Gasteiger partial charge in [-0.15, -0.1) is 0 Å². The molecule has 1 aliphatic rings. The first kappa shape index (κ1) is 32.8. The van der Waals surface area contributed by atoms with E-state index >= 15 is 0 Å². The van der Waals surface area contributed by atoms with Gasteiger partial charge < -0.3 is 9.11 Å². The third-order valence-electron chi connectivity index (χ3n) is 6.64. The molecule has 3 aromatic rings. The van der Waals surface area contributed by atoms with Gasteiger partial charge in [0.25, 0.3) is 0 Å². The maximum absolute atomic E-state index is 11.1. The van der Waals surface area contributed by atoms with Gasteiger partial charge in [-0.05, 0) is 41.7 Å². The number of benzene rings is 2. The van der Waals surface area contributed by atoms with Crippen LogP contribution in [0, 0.1) is 0 Å². The van der Waals surface area contributed by atoms with E-state index in [1.165, 1.54) is 0 Å². The fraction of sp³-hybridized carbons (Fsp3) is 0.233. The topological polar surface area (TPSA) is 118 Å². The first-order chi connectivity index (χ1) is 18.6. The molecule has 0 spiro atoms. The Kier molecular flexibility index (Phi) is 12.2. The summed E-state index contributed by atoms with van der Waals surface area (Å²) in [6.45, 7) is 0.390. The van der Waals surface area contributed by atoms with Crippen LogP contribution < -0.4 is 56.0 Å². The van der Waals surface area contributed by atoms with Crippen LogP contribution in [-0.4, -0.2) is 37.4 Å². The van der Waals surface area contributed by atoms with Crippen molar-refractivity contribution >= 4 is 43.3 Å². The maximum atomic E-state index is 11.1. The molecular formula is C30H30KNO6S2. The van der Waals surface area contributed by atoms with Gasteiger partial charge >= 0.3 is 51.4 Å². The summed E-state index contributed by atoms with van der Waals surface area (Å²) in [7, 11) is -8.54. The van der Waals surface area contributed by atoms with E-state index in [1.54, 1.807) is 0 Å². The van der Waals surface area contributed by atoms with E-state index in [0.717, 1.165) is 33.3 Å². The van der Waals surface area contributed by atoms with Gasteiger partial charge in [0.2, 0.25) is 11.2 Å². The largest absolute Gasteiger partial charge is 1.00 e. The Hall–Kier alpha value is -1.73. The van der Waals surface area contributed by atoms with Crippen LogP contribution in [-0.2, 0) is 26.8 Å². The second-order valence-electron chi connectivity index (χ2n) is 9.41. The van der Waals surface area contributed by atoms with Crippen molar-refractivity contribution < 1.29 is 81.9 Å². The minimum absolute atomic E-state index is 0. The zero-order valence-corrected chi connectivity index (χ0v) is 27.1. The normalized spacial score (nSPS) is 16.6. The van der Waals surface area contributed by atoms with E-state index in [9.17, 15) is 25.9 Å². The molecule has 0 radical (unpaired) electrons. The average Bonchev–Trinajstić information content (AvgIpc) is 2.88. The van der Waals surface area contributed by atoms with Crippen LogP contribution in [0.3, 0.4) is 0 Å². The Labute approximate surface area is 278 Å². The van der Waals surface area contributed by atoms with E-state index in [-0.39, 0.29) is 75.9 Å². The van der Waals surface area contributed by atoms with Crippen LogP contribution in [0.4, 0.5) is 0 Å². The number of para-hydroxylation sites is 1. The number of hydrogen-bond donors (Lipinski definition) is 0. The summed E-state index contributed by atoms with van der Waals surface area (Å²) in [5.41, 5.74) is 5.04. The molecule has 0 bridgehead atoms. The second kappa shape index (κ2) is 14.9. The number of aryl methyl sites for hydroxylation is 1. The average molecular weight is 604 g/mol. The standard InChI is InChI=1S/C30H31NO6S2.K/c32-38(33,34)22-8-15-29-24(17-18-25-11-4-6-14-28(25)29)10-2-1-3-13-27-20-19-26-12-5-7-16-30(26)31(27)21-9-23-39(35,36)37;/h1-7,10-14,16-20,29H,8-9,15,21-23H2,(H-,32,33,34,35,36,37);/q;+1/p-1. The van der Waals surface area contributed by atoms with Crippen molar-refractivity contribution in [3.8, 4) is 0 Å². The van der Waals surface area contributed by atoms with Crippen molar-refractivity contribution in [2.45, 2.75) is 31.7 Å². The maximum Gasteiger partial charge on any atom is 1.00 e. The van der Waals surface area contributed by atoms with Crippen LogP contribution in [0.2, 0.25) is 0 Å². The summed E-state index contributed by atoms with van der Waals surface area (Å²) in [5.74, 6) is -0.812. The molecule has 0 saturated heterocycles. The van der Waals surface area contributed by atoms with E-state index in [0.29, 0.717) is 13.0 Å². The first-order valence-electron chi connectivity index (χ1n) is 12.7. The second-order valence-corrected chi connectivity index (χ2v) is 12.5. The monoisotopic (exact) mass is 603 g/mol. The molecule has 1 aliphatic carbocycles. The molecule has 0 amide bonds. The summed E-state index contributed by atoms with van der Waals surface area (Å²) >= 11 is 0. The van der Waals surface area contributed by atoms with Crippen molar-refractivity contribution in [3.63, 3.8) is 0 Å². The number of allylic oxidation sites excluding steroid dienone is 6. The van der Waals surface area contributed by atoms with Gasteiger partial charge in [-0.3, -0.25) is 0 Å². The Morgan fingerprint density at radius 1 is 0.775 bits per heavy atom. The molecule has 0 saturated carbocycles. The Morgan fingerprint density at radius 3 is 2.25 bits per heavy atom. The number of nitrogens with zero attached hydrogens (tertiary/aromatic N) is 1. The van der Waals surface area contributed by atoms with Gasteiger partial charge in [0.1, 0.15) is 0 Å². The molecule has 7 nitrogen and oxygen atoms in total. The summed E-state index contributed by atoms with van der Waals surface area (Å²) in [6.07, 6.45) is 14.7. The van der Waals surface area contributed by atoms with Crippen LogP contribution in [0.1, 0.15) is 42.0 Å². The summed E-state index contributed by atoms with van der Waals surface area (Å²) in [5, 5.41) is 1.01. The molecule has 1 unspecified atom stereocenters. The molecule has 204 valence electrons. The van der Waals surface area contributed by atoms with Crippen molar-refractivity contribution in [2.24, 2.45) is 0 Å². The smallest absolute Gasteiger partial charge is 0.748 e. The van der Waals surface area contributed by atoms with Crippen LogP contribution in [0.5, 0.6) is 0 Å². The Balaban J connectivity index is 0.00000441. The summed E-state index contributed by atoms with van der Waals surface area (Å²) in [6, 6.07) is 19.7. The van der Waals surface area contributed by atoms with Crippen LogP contribution in [0.25, 0.3) is 23.1 Å². The number of aromatic nitrogens is 1. The van der Waals surface area contributed by atoms with Gasteiger partial charge in [0.05, 0.1) is 20.2 Å². The number of pyridine rings is 1. The Morgan fingerprint density at radius 2 is 1.48 bits per heavy atom. The molecule has 0 N–H and O–H groups in total. The Bertz CT molecular complexity index is 1680. The molecular weight excluding hydrogens is 574 g/mol. The van der Waals surface area contributed by atoms with Crippen molar-refractivity contribution in [3.05, 3.63) is 113 Å². The first-order valence-corrected chi connectivity index (χ1v) is 15.9. The van der Waals surface area contributed by atoms with Crippen molar-refractivity contribution in [1.29, 1.82) is 0 Å². The number of fused-ring (bicyclic) bond motifs is 2. The van der Waals surface area contributed by atoms with E-state index in [1.807, 2.05) is 108 Å². The third kappa shape index (κ3) is 9.68. The molecule has 1 heterocycles. The van der Waals surface area contributed by atoms with Gasteiger partial charge in [0, 0.05) is 47.4 Å². The molecule has 1 aromatic heterocycles. The quantitative estimate of drug-likeness (QED) is 0.143. The number of hydrogen-bond acceptors (Lipinski definition) is 6. The van der Waals surface area contributed by atoms with Crippen LogP contribution >= 0.6 is 0 Å². The number of rotatable bonds is 11. The fourth-order valence-electron chi connectivity index (χ4n) is 4.88. The van der Waals surface area contributed by atoms with E-state index < -0.39 is 26.0 Å². The minimum Gasteiger partial charge on any atom is -0.748 e. The van der Waals surface area contributed by atoms with Crippen molar-refractivity contribution in [1.82, 2.24) is 0 Å². The predicted molar refractivity (Wildman–Crippen MR) is 152 cm³/mol. The summed E-state index contributed by atoms with van der Waals surface area (Å²) in [4.78, 5) is 0. The molecule has 4 rings (SSSR count). The predicted octanol–water partition coefficient (Wildman–Crippen LogP) is 1.70. The van der Waals surface area contributed by atoms with Gasteiger partial charge in [0.15, 0.2) is 6.54 Å². The zero-order chi connectivity index (χ0) is 27.9. The molecule has 40 heavy (non-hydrogen) atoms. The molecule has 2 aromatic carbocycles. The fourth-order valence-corrected chi connectivity index (χ4v) is 5.88. The van der Waals surface area contributed by atoms with Crippen molar-refractivity contribution in [2.75, 3.05) is 11.5 Å². The molecule has 0 fully saturated rings. The van der Waals surface area contributed by atoms with Crippen LogP contribution in [0.15, 0.2) is 96.6 Å². The zero-order valence-electron chi connectivity index (χ0n) is 22.3. The van der Waals surface area contributed by atoms with E-state index in [4.69, 9.17) is 0 Å². The SMILES string of the molecule is O=S(=O)([O-])CCCC1C(=CC=CC=Cc2ccc3ccccc3[n+]2CCCS(=O)(=O)[O-])C=Cc2ccccc21.[K+]. The third-order valence-corrected chi connectivity index (χ3v) is 8.22. The molecule has 1 atom stereocenters. The van der Waals surface area contributed by atoms with Gasteiger partial charge in [-0.25, -0.2) is 16.8 Å². The van der Waals surface area contributed by atoms with Gasteiger partial charge in [-0.2, -0.15) is 4.57 Å². The minimum atomic E-state index is -4.28.